The van der Waals surface area contributed by atoms with E-state index >= 15 is 0 Å². The molecular weight excluding hydrogens is 528 g/mol. The highest BCUT2D eigenvalue weighted by Gasteiger charge is 2.16. The zero-order valence-corrected chi connectivity index (χ0v) is 25.4. The Morgan fingerprint density at radius 3 is 2.50 bits per heavy atom. The zero-order chi connectivity index (χ0) is 30.2. The summed E-state index contributed by atoms with van der Waals surface area (Å²) in [5.74, 6) is 0.251. The van der Waals surface area contributed by atoms with Crippen LogP contribution in [0.15, 0.2) is 42.2 Å². The lowest BCUT2D eigenvalue weighted by Crippen LogP contribution is -2.24. The van der Waals surface area contributed by atoms with Crippen LogP contribution in [0.4, 0.5) is 5.69 Å². The molecule has 0 aliphatic carbocycles. The summed E-state index contributed by atoms with van der Waals surface area (Å²) in [6.45, 7) is 17.4. The number of rotatable bonds is 11. The second kappa shape index (κ2) is 17.8. The number of hydrogen-bond donors (Lipinski definition) is 3. The largest absolute Gasteiger partial charge is 0.357 e. The summed E-state index contributed by atoms with van der Waals surface area (Å²) in [5, 5.41) is 5.64. The second-order valence-electron chi connectivity index (χ2n) is 8.69. The summed E-state index contributed by atoms with van der Waals surface area (Å²) in [6.07, 6.45) is 3.81. The van der Waals surface area contributed by atoms with Crippen molar-refractivity contribution in [2.24, 2.45) is 0 Å². The van der Waals surface area contributed by atoms with E-state index in [9.17, 15) is 18.6 Å². The molecule has 3 aromatic rings. The lowest BCUT2D eigenvalue weighted by molar-refractivity contribution is -0.115. The third-order valence-corrected chi connectivity index (χ3v) is 7.10. The Morgan fingerprint density at radius 2 is 1.90 bits per heavy atom. The highest BCUT2D eigenvalue weighted by molar-refractivity contribution is 7.88. The molecule has 0 saturated carbocycles. The molecule has 1 aromatic carbocycles. The predicted octanol–water partition coefficient (Wildman–Crippen LogP) is 4.60. The first kappa shape index (κ1) is 34.3. The number of carbonyl (C=O) groups is 3. The maximum absolute atomic E-state index is 12.5. The first-order valence-electron chi connectivity index (χ1n) is 13.3. The molecule has 0 aliphatic rings. The van der Waals surface area contributed by atoms with Gasteiger partial charge in [-0.2, -0.15) is 0 Å². The van der Waals surface area contributed by atoms with Crippen molar-refractivity contribution in [3.8, 4) is 0 Å². The number of hydrogen-bond acceptors (Lipinski definition) is 7. The maximum Gasteiger partial charge on any atom is 0.272 e. The molecule has 218 valence electrons. The number of nitrogens with zero attached hydrogens (tertiary/aromatic N) is 3. The van der Waals surface area contributed by atoms with E-state index in [2.05, 4.69) is 44.0 Å². The standard InChI is InChI=1S/C19H19N5O3.C8H17NOS.C2H6/c1-3-15(26)24-14-6-12(5-4-11(14)2)7-21-19(27)18-17-16(22-10-23-18)13(9-25)8-20-17;1-5-9(4)6-7-11(10)8(2)3;1-2/h4-6,8-10,20H,3,7H2,1-2H3,(H,21,27)(H,24,26);2,5-7H2,1,3-4H3;1-2H3. The van der Waals surface area contributed by atoms with Crippen molar-refractivity contribution < 1.29 is 18.6 Å². The van der Waals surface area contributed by atoms with Gasteiger partial charge in [0.05, 0.1) is 11.1 Å². The third kappa shape index (κ3) is 10.5. The van der Waals surface area contributed by atoms with E-state index in [0.29, 0.717) is 35.1 Å². The number of fused-ring (bicyclic) bond motifs is 1. The monoisotopic (exact) mass is 570 g/mol. The van der Waals surface area contributed by atoms with Gasteiger partial charge >= 0.3 is 0 Å². The summed E-state index contributed by atoms with van der Waals surface area (Å²) in [5.41, 5.74) is 3.86. The highest BCUT2D eigenvalue weighted by Crippen LogP contribution is 2.19. The predicted molar refractivity (Wildman–Crippen MR) is 163 cm³/mol. The van der Waals surface area contributed by atoms with E-state index in [0.717, 1.165) is 34.8 Å². The number of allylic oxidation sites excluding steroid dienone is 1. The summed E-state index contributed by atoms with van der Waals surface area (Å²) < 4.78 is 11.1. The molecule has 2 aromatic heterocycles. The number of aromatic amines is 1. The van der Waals surface area contributed by atoms with Crippen LogP contribution in [0.3, 0.4) is 0 Å². The maximum atomic E-state index is 12.5. The smallest absolute Gasteiger partial charge is 0.272 e. The van der Waals surface area contributed by atoms with Crippen LogP contribution in [-0.4, -0.2) is 68.1 Å². The second-order valence-corrected chi connectivity index (χ2v) is 10.5. The summed E-state index contributed by atoms with van der Waals surface area (Å²) >= 11 is 0. The number of benzene rings is 1. The summed E-state index contributed by atoms with van der Waals surface area (Å²) in [7, 11) is 1.19. The van der Waals surface area contributed by atoms with Gasteiger partial charge in [-0.05, 0) is 44.6 Å². The zero-order valence-electron chi connectivity index (χ0n) is 24.6. The average Bonchev–Trinajstić information content (AvgIpc) is 3.40. The molecule has 1 atom stereocenters. The van der Waals surface area contributed by atoms with Gasteiger partial charge in [-0.15, -0.1) is 0 Å². The fraction of sp³-hybridized carbons (Fsp3) is 0.414. The van der Waals surface area contributed by atoms with Gasteiger partial charge in [-0.25, -0.2) is 9.97 Å². The van der Waals surface area contributed by atoms with E-state index < -0.39 is 10.8 Å². The molecule has 3 rings (SSSR count). The van der Waals surface area contributed by atoms with Crippen LogP contribution in [0.25, 0.3) is 11.0 Å². The van der Waals surface area contributed by atoms with Crippen LogP contribution in [0.5, 0.6) is 0 Å². The topological polar surface area (TPSA) is 137 Å². The molecule has 0 fully saturated rings. The minimum Gasteiger partial charge on any atom is -0.357 e. The fourth-order valence-corrected chi connectivity index (χ4v) is 4.04. The number of nitrogens with one attached hydrogen (secondary N) is 3. The van der Waals surface area contributed by atoms with Crippen molar-refractivity contribution in [2.75, 3.05) is 31.2 Å². The first-order chi connectivity index (χ1) is 19.1. The Balaban J connectivity index is 0.000000520. The quantitative estimate of drug-likeness (QED) is 0.287. The molecular formula is C29H42N6O4S. The van der Waals surface area contributed by atoms with Crippen LogP contribution < -0.4 is 10.6 Å². The van der Waals surface area contributed by atoms with Gasteiger partial charge in [-0.1, -0.05) is 46.4 Å². The molecule has 2 heterocycles. The van der Waals surface area contributed by atoms with Crippen LogP contribution in [-0.2, 0) is 22.1 Å². The SMILES string of the molecule is C=C(C)S(=O)CCN(C)CC.CC.CCC(=O)Nc1cc(CNC(=O)c2ncnc3c(C=O)c[nH]c23)ccc1C. The number of H-pyrrole nitrogens is 1. The van der Waals surface area contributed by atoms with Gasteiger partial charge in [0.25, 0.3) is 5.91 Å². The van der Waals surface area contributed by atoms with Crippen molar-refractivity contribution >= 4 is 45.6 Å². The fourth-order valence-electron chi connectivity index (χ4n) is 3.21. The third-order valence-electron chi connectivity index (χ3n) is 5.77. The molecule has 0 spiro atoms. The van der Waals surface area contributed by atoms with Crippen LogP contribution in [0.1, 0.15) is 73.0 Å². The number of aldehydes is 1. The van der Waals surface area contributed by atoms with Gasteiger partial charge in [0.2, 0.25) is 5.91 Å². The first-order valence-corrected chi connectivity index (χ1v) is 14.6. The van der Waals surface area contributed by atoms with Crippen LogP contribution in [0.2, 0.25) is 0 Å². The van der Waals surface area contributed by atoms with Gasteiger partial charge in [0.15, 0.2) is 12.0 Å². The minimum absolute atomic E-state index is 0.0691. The molecule has 10 nitrogen and oxygen atoms in total. The van der Waals surface area contributed by atoms with Gasteiger partial charge in [-0.3, -0.25) is 18.6 Å². The Bertz CT molecular complexity index is 1320. The van der Waals surface area contributed by atoms with Gasteiger partial charge in [0, 0.05) is 52.9 Å². The van der Waals surface area contributed by atoms with Crippen LogP contribution >= 0.6 is 0 Å². The van der Waals surface area contributed by atoms with Crippen molar-refractivity contribution in [1.29, 1.82) is 0 Å². The minimum atomic E-state index is -0.830. The number of aryl methyl sites for hydroxylation is 1. The van der Waals surface area contributed by atoms with E-state index in [4.69, 9.17) is 0 Å². The van der Waals surface area contributed by atoms with E-state index in [1.807, 2.05) is 52.9 Å². The molecule has 3 N–H and O–H groups in total. The summed E-state index contributed by atoms with van der Waals surface area (Å²) in [4.78, 5) is 49.0. The van der Waals surface area contributed by atoms with Crippen molar-refractivity contribution in [1.82, 2.24) is 25.2 Å². The Kier molecular flexibility index (Phi) is 15.3. The normalized spacial score (nSPS) is 11.0. The molecule has 0 bridgehead atoms. The van der Waals surface area contributed by atoms with Crippen molar-refractivity contribution in [2.45, 2.75) is 54.5 Å². The molecule has 11 heteroatoms. The number of amides is 2. The molecule has 0 saturated heterocycles. The summed E-state index contributed by atoms with van der Waals surface area (Å²) in [6, 6.07) is 5.60. The molecule has 0 radical (unpaired) electrons. The average molecular weight is 571 g/mol. The molecule has 1 unspecified atom stereocenters. The lowest BCUT2D eigenvalue weighted by atomic mass is 10.1. The highest BCUT2D eigenvalue weighted by atomic mass is 32.2. The van der Waals surface area contributed by atoms with Crippen molar-refractivity contribution in [3.63, 3.8) is 0 Å². The van der Waals surface area contributed by atoms with Crippen LogP contribution in [0, 0.1) is 6.92 Å². The number of anilines is 1. The Labute approximate surface area is 239 Å². The molecule has 0 aliphatic heterocycles. The molecule has 2 amide bonds. The van der Waals surface area contributed by atoms with Crippen molar-refractivity contribution in [3.05, 3.63) is 64.6 Å². The Hall–Kier alpha value is -3.70. The van der Waals surface area contributed by atoms with E-state index in [-0.39, 0.29) is 24.1 Å². The molecule has 40 heavy (non-hydrogen) atoms. The van der Waals surface area contributed by atoms with E-state index in [1.54, 1.807) is 6.92 Å². The van der Waals surface area contributed by atoms with Gasteiger partial charge in [0.1, 0.15) is 11.8 Å². The van der Waals surface area contributed by atoms with Gasteiger partial charge < -0.3 is 20.5 Å². The van der Waals surface area contributed by atoms with E-state index in [1.165, 1.54) is 12.5 Å². The number of carbonyl (C=O) groups excluding carboxylic acids is 3. The number of aromatic nitrogens is 3. The lowest BCUT2D eigenvalue weighted by Gasteiger charge is -2.12. The Morgan fingerprint density at radius 1 is 1.20 bits per heavy atom.